The van der Waals surface area contributed by atoms with Gasteiger partial charge >= 0.3 is 0 Å². The van der Waals surface area contributed by atoms with Gasteiger partial charge in [-0.2, -0.15) is 0 Å². The van der Waals surface area contributed by atoms with Crippen molar-refractivity contribution < 1.29 is 14.6 Å². The van der Waals surface area contributed by atoms with Crippen molar-refractivity contribution in [3.05, 3.63) is 116 Å². The second-order valence-corrected chi connectivity index (χ2v) is 12.5. The number of nitrogens with zero attached hydrogens (tertiary/aromatic N) is 1. The molecule has 1 aliphatic carbocycles. The minimum atomic E-state index is -1.17. The van der Waals surface area contributed by atoms with Crippen LogP contribution in [0.15, 0.2) is 82.1 Å². The molecular weight excluding hydrogens is 560 g/mol. The summed E-state index contributed by atoms with van der Waals surface area (Å²) in [5.41, 5.74) is 1.04. The standard InChI is InChI=1S/C34H38N4O4S/c39-30-13-9-23(29-12-14-31(40)38-32(29)30)15-18-35-20-17-27-10-11-28(43-27)22-36-19-16-26-21-37-33(42-26)34(41,25-7-4-8-25)24-5-2-1-3-6-24/h1-3,5-6,9-14,21,25,35-36,39,41H,4,7-8,15-20,22H2,(H,38,40). The van der Waals surface area contributed by atoms with Crippen LogP contribution in [-0.4, -0.2) is 39.8 Å². The van der Waals surface area contributed by atoms with Gasteiger partial charge in [0.1, 0.15) is 11.5 Å². The first-order chi connectivity index (χ1) is 21.0. The second kappa shape index (κ2) is 13.3. The highest BCUT2D eigenvalue weighted by Crippen LogP contribution is 2.46. The Labute approximate surface area is 254 Å². The molecular formula is C34H38N4O4S. The lowest BCUT2D eigenvalue weighted by molar-refractivity contribution is -0.0413. The maximum Gasteiger partial charge on any atom is 0.248 e. The highest BCUT2D eigenvalue weighted by atomic mass is 32.1. The topological polar surface area (TPSA) is 123 Å². The van der Waals surface area contributed by atoms with E-state index in [9.17, 15) is 15.0 Å². The summed E-state index contributed by atoms with van der Waals surface area (Å²) in [6, 6.07) is 21.0. The Morgan fingerprint density at radius 3 is 2.53 bits per heavy atom. The summed E-state index contributed by atoms with van der Waals surface area (Å²) in [6.45, 7) is 3.25. The molecule has 1 unspecified atom stereocenters. The van der Waals surface area contributed by atoms with E-state index in [-0.39, 0.29) is 17.2 Å². The van der Waals surface area contributed by atoms with Crippen molar-refractivity contribution in [1.29, 1.82) is 0 Å². The fraction of sp³-hybridized carbons (Fsp3) is 0.353. The maximum atomic E-state index is 11.7. The lowest BCUT2D eigenvalue weighted by Crippen LogP contribution is -2.40. The number of aliphatic hydroxyl groups is 1. The quantitative estimate of drug-likeness (QED) is 0.114. The Hall–Kier alpha value is -3.76. The number of pyridine rings is 1. The van der Waals surface area contributed by atoms with E-state index < -0.39 is 5.60 Å². The molecule has 0 aliphatic heterocycles. The third-order valence-corrected chi connectivity index (χ3v) is 9.58. The first-order valence-corrected chi connectivity index (χ1v) is 15.9. The van der Waals surface area contributed by atoms with Gasteiger partial charge in [-0.1, -0.05) is 42.8 Å². The van der Waals surface area contributed by atoms with Crippen molar-refractivity contribution in [3.63, 3.8) is 0 Å². The molecule has 1 saturated carbocycles. The average Bonchev–Trinajstić information content (AvgIpc) is 3.66. The summed E-state index contributed by atoms with van der Waals surface area (Å²) in [4.78, 5) is 21.5. The van der Waals surface area contributed by atoms with Crippen molar-refractivity contribution in [1.82, 2.24) is 20.6 Å². The van der Waals surface area contributed by atoms with Crippen LogP contribution < -0.4 is 16.2 Å². The average molecular weight is 599 g/mol. The number of fused-ring (bicyclic) bond motifs is 1. The molecule has 0 amide bonds. The summed E-state index contributed by atoms with van der Waals surface area (Å²) in [6.07, 6.45) is 7.31. The SMILES string of the molecule is O=c1ccc2c(CCNCCc3ccc(CNCCc4cnc(C(O)(c5ccccc5)C5CCC5)o4)s3)ccc(O)c2[nH]1. The van der Waals surface area contributed by atoms with Gasteiger partial charge in [0.2, 0.25) is 11.4 Å². The third kappa shape index (κ3) is 6.60. The van der Waals surface area contributed by atoms with Crippen LogP contribution in [0.25, 0.3) is 10.9 Å². The summed E-state index contributed by atoms with van der Waals surface area (Å²) in [5.74, 6) is 1.41. The smallest absolute Gasteiger partial charge is 0.248 e. The molecule has 1 aliphatic rings. The van der Waals surface area contributed by atoms with Crippen molar-refractivity contribution in [2.75, 3.05) is 19.6 Å². The van der Waals surface area contributed by atoms with Crippen molar-refractivity contribution in [2.45, 2.75) is 50.7 Å². The Kier molecular flexibility index (Phi) is 9.04. The number of rotatable bonds is 14. The third-order valence-electron chi connectivity index (χ3n) is 8.44. The van der Waals surface area contributed by atoms with Gasteiger partial charge in [-0.15, -0.1) is 11.3 Å². The van der Waals surface area contributed by atoms with Crippen LogP contribution >= 0.6 is 11.3 Å². The second-order valence-electron chi connectivity index (χ2n) is 11.3. The maximum absolute atomic E-state index is 11.7. The minimum absolute atomic E-state index is 0.0929. The van der Waals surface area contributed by atoms with Crippen LogP contribution in [0.4, 0.5) is 0 Å². The van der Waals surface area contributed by atoms with E-state index in [1.165, 1.54) is 15.8 Å². The number of benzene rings is 2. The fourth-order valence-electron chi connectivity index (χ4n) is 5.80. The van der Waals surface area contributed by atoms with Crippen molar-refractivity contribution >= 4 is 22.2 Å². The first-order valence-electron chi connectivity index (χ1n) is 15.1. The van der Waals surface area contributed by atoms with Crippen LogP contribution in [0.2, 0.25) is 0 Å². The predicted octanol–water partition coefficient (Wildman–Crippen LogP) is 5.03. The normalized spacial score (nSPS) is 15.0. The lowest BCUT2D eigenvalue weighted by atomic mass is 9.69. The molecule has 0 bridgehead atoms. The van der Waals surface area contributed by atoms with Crippen LogP contribution in [-0.2, 0) is 31.4 Å². The number of H-pyrrole nitrogens is 1. The Morgan fingerprint density at radius 1 is 0.930 bits per heavy atom. The van der Waals surface area contributed by atoms with Gasteiger partial charge in [0, 0.05) is 46.6 Å². The molecule has 2 aromatic carbocycles. The number of thiophene rings is 1. The number of aromatic nitrogens is 2. The number of oxazole rings is 1. The van der Waals surface area contributed by atoms with Gasteiger partial charge in [-0.3, -0.25) is 4.79 Å². The lowest BCUT2D eigenvalue weighted by Gasteiger charge is -2.39. The molecule has 5 N–H and O–H groups in total. The van der Waals surface area contributed by atoms with E-state index in [0.717, 1.165) is 80.6 Å². The summed E-state index contributed by atoms with van der Waals surface area (Å²) in [7, 11) is 0. The molecule has 8 nitrogen and oxygen atoms in total. The largest absolute Gasteiger partial charge is 0.506 e. The van der Waals surface area contributed by atoms with Crippen molar-refractivity contribution in [3.8, 4) is 5.75 Å². The summed E-state index contributed by atoms with van der Waals surface area (Å²) in [5, 5.41) is 29.7. The minimum Gasteiger partial charge on any atom is -0.506 e. The first kappa shape index (κ1) is 29.3. The van der Waals surface area contributed by atoms with E-state index in [2.05, 4.69) is 32.7 Å². The molecule has 1 atom stereocenters. The molecule has 1 fully saturated rings. The molecule has 43 heavy (non-hydrogen) atoms. The molecule has 0 radical (unpaired) electrons. The predicted molar refractivity (Wildman–Crippen MR) is 170 cm³/mol. The van der Waals surface area contributed by atoms with E-state index in [0.29, 0.717) is 17.8 Å². The monoisotopic (exact) mass is 598 g/mol. The number of aromatic hydroxyl groups is 1. The number of aromatic amines is 1. The molecule has 0 spiro atoms. The fourth-order valence-corrected chi connectivity index (χ4v) is 6.79. The van der Waals surface area contributed by atoms with Crippen LogP contribution in [0.3, 0.4) is 0 Å². The number of hydrogen-bond donors (Lipinski definition) is 5. The summed E-state index contributed by atoms with van der Waals surface area (Å²) >= 11 is 1.82. The van der Waals surface area contributed by atoms with E-state index in [1.54, 1.807) is 18.3 Å². The number of nitrogens with one attached hydrogen (secondary N) is 3. The van der Waals surface area contributed by atoms with Crippen LogP contribution in [0, 0.1) is 5.92 Å². The highest BCUT2D eigenvalue weighted by Gasteiger charge is 2.46. The Bertz CT molecular complexity index is 1710. The zero-order valence-corrected chi connectivity index (χ0v) is 25.0. The van der Waals surface area contributed by atoms with E-state index in [1.807, 2.05) is 47.7 Å². The molecule has 3 aromatic heterocycles. The molecule has 9 heteroatoms. The van der Waals surface area contributed by atoms with Gasteiger partial charge < -0.3 is 30.2 Å². The zero-order valence-electron chi connectivity index (χ0n) is 24.1. The number of phenolic OH excluding ortho intramolecular Hbond substituents is 1. The Balaban J connectivity index is 0.928. The molecule has 6 rings (SSSR count). The van der Waals surface area contributed by atoms with Gasteiger partial charge in [-0.25, -0.2) is 4.98 Å². The molecule has 3 heterocycles. The van der Waals surface area contributed by atoms with Crippen LogP contribution in [0.5, 0.6) is 5.75 Å². The van der Waals surface area contributed by atoms with Gasteiger partial charge in [0.25, 0.3) is 0 Å². The van der Waals surface area contributed by atoms with Crippen LogP contribution in [0.1, 0.15) is 51.8 Å². The van der Waals surface area contributed by atoms with Crippen molar-refractivity contribution in [2.24, 2.45) is 5.92 Å². The van der Waals surface area contributed by atoms with E-state index >= 15 is 0 Å². The summed E-state index contributed by atoms with van der Waals surface area (Å²) < 4.78 is 6.11. The van der Waals surface area contributed by atoms with Gasteiger partial charge in [0.05, 0.1) is 11.7 Å². The molecule has 224 valence electrons. The zero-order chi connectivity index (χ0) is 29.6. The Morgan fingerprint density at radius 2 is 1.72 bits per heavy atom. The number of phenols is 1. The van der Waals surface area contributed by atoms with Gasteiger partial charge in [0.15, 0.2) is 5.60 Å². The van der Waals surface area contributed by atoms with Gasteiger partial charge in [-0.05, 0) is 74.2 Å². The molecule has 0 saturated heterocycles. The highest BCUT2D eigenvalue weighted by molar-refractivity contribution is 7.11. The molecule has 5 aromatic rings. The van der Waals surface area contributed by atoms with E-state index in [4.69, 9.17) is 4.42 Å². The number of hydrogen-bond acceptors (Lipinski definition) is 8.